The highest BCUT2D eigenvalue weighted by Crippen LogP contribution is 2.41. The van der Waals surface area contributed by atoms with Gasteiger partial charge in [-0.15, -0.1) is 11.8 Å². The van der Waals surface area contributed by atoms with Crippen LogP contribution in [0.25, 0.3) is 0 Å². The predicted molar refractivity (Wildman–Crippen MR) is 129 cm³/mol. The van der Waals surface area contributed by atoms with E-state index in [-0.39, 0.29) is 23.6 Å². The summed E-state index contributed by atoms with van der Waals surface area (Å²) in [7, 11) is 0. The minimum Gasteiger partial charge on any atom is -0.461 e. The molecule has 178 valence electrons. The molecule has 2 atom stereocenters. The highest BCUT2D eigenvalue weighted by atomic mass is 32.2. The van der Waals surface area contributed by atoms with Crippen LogP contribution in [-0.4, -0.2) is 46.5 Å². The third-order valence-electron chi connectivity index (χ3n) is 5.70. The van der Waals surface area contributed by atoms with Crippen LogP contribution in [0.2, 0.25) is 0 Å². The number of hydrogen-bond acceptors (Lipinski definition) is 7. The van der Waals surface area contributed by atoms with Gasteiger partial charge in [0.25, 0.3) is 0 Å². The van der Waals surface area contributed by atoms with Crippen molar-refractivity contribution in [2.45, 2.75) is 38.3 Å². The van der Waals surface area contributed by atoms with E-state index >= 15 is 0 Å². The van der Waals surface area contributed by atoms with Crippen LogP contribution in [0.15, 0.2) is 71.9 Å². The highest BCUT2D eigenvalue weighted by Gasteiger charge is 2.52. The predicted octanol–water partition coefficient (Wildman–Crippen LogP) is 3.41. The van der Waals surface area contributed by atoms with Crippen LogP contribution in [0.5, 0.6) is 0 Å². The monoisotopic (exact) mass is 480 g/mol. The lowest BCUT2D eigenvalue weighted by atomic mass is 9.97. The minimum absolute atomic E-state index is 0.0966. The maximum Gasteiger partial charge on any atom is 0.356 e. The summed E-state index contributed by atoms with van der Waals surface area (Å²) in [6.07, 6.45) is -0.668. The number of nitrogens with zero attached hydrogens (tertiary/aromatic N) is 1. The van der Waals surface area contributed by atoms with Gasteiger partial charge in [0, 0.05) is 11.3 Å². The Kier molecular flexibility index (Phi) is 6.81. The van der Waals surface area contributed by atoms with E-state index in [1.807, 2.05) is 60.7 Å². The fourth-order valence-corrected chi connectivity index (χ4v) is 5.07. The molecule has 2 N–H and O–H groups in total. The molecule has 2 aromatic rings. The molecule has 2 aliphatic rings. The molecular formula is C26H28N2O5S. The largest absolute Gasteiger partial charge is 0.461 e. The second kappa shape index (κ2) is 9.64. The standard InChI is InChI=1S/C26H28N2O5S/c1-26(2,3)25(31)32-14-18-15-34-23-19(27)22(29)28(23)20(18)24(30)33-21(16-10-6-4-7-11-16)17-12-8-5-9-13-17/h4-13,19,21,23H,14-15,27H2,1-3H3/t19-,23+/m1/s1. The summed E-state index contributed by atoms with van der Waals surface area (Å²) < 4.78 is 11.5. The molecule has 2 aliphatic heterocycles. The molecule has 4 rings (SSSR count). The summed E-state index contributed by atoms with van der Waals surface area (Å²) in [6.45, 7) is 5.17. The highest BCUT2D eigenvalue weighted by molar-refractivity contribution is 8.00. The number of hydrogen-bond donors (Lipinski definition) is 1. The smallest absolute Gasteiger partial charge is 0.356 e. The van der Waals surface area contributed by atoms with E-state index in [0.717, 1.165) is 11.1 Å². The maximum absolute atomic E-state index is 13.6. The first-order chi connectivity index (χ1) is 16.2. The van der Waals surface area contributed by atoms with Gasteiger partial charge in [0.1, 0.15) is 23.7 Å². The number of β-lactam (4-membered cyclic amide) rings is 1. The van der Waals surface area contributed by atoms with Gasteiger partial charge in [-0.05, 0) is 31.9 Å². The van der Waals surface area contributed by atoms with Crippen molar-refractivity contribution in [1.29, 1.82) is 0 Å². The number of amides is 1. The number of rotatable bonds is 6. The van der Waals surface area contributed by atoms with Crippen LogP contribution in [0.4, 0.5) is 0 Å². The Morgan fingerprint density at radius 2 is 1.62 bits per heavy atom. The second-order valence-corrected chi connectivity index (χ2v) is 10.4. The van der Waals surface area contributed by atoms with Crippen LogP contribution < -0.4 is 5.73 Å². The number of ether oxygens (including phenoxy) is 2. The topological polar surface area (TPSA) is 98.9 Å². The molecular weight excluding hydrogens is 452 g/mol. The lowest BCUT2D eigenvalue weighted by Crippen LogP contribution is -2.68. The number of carbonyl (C=O) groups excluding carboxylic acids is 3. The average Bonchev–Trinajstić information content (AvgIpc) is 2.85. The minimum atomic E-state index is -0.688. The van der Waals surface area contributed by atoms with Gasteiger partial charge in [0.15, 0.2) is 6.10 Å². The van der Waals surface area contributed by atoms with Crippen molar-refractivity contribution in [3.63, 3.8) is 0 Å². The van der Waals surface area contributed by atoms with E-state index in [0.29, 0.717) is 11.3 Å². The van der Waals surface area contributed by atoms with Crippen LogP contribution >= 0.6 is 11.8 Å². The van der Waals surface area contributed by atoms with Crippen molar-refractivity contribution in [1.82, 2.24) is 4.90 Å². The summed E-state index contributed by atoms with van der Waals surface area (Å²) in [5.41, 5.74) is 7.54. The number of carbonyl (C=O) groups is 3. The van der Waals surface area contributed by atoms with Crippen molar-refractivity contribution in [3.8, 4) is 0 Å². The fourth-order valence-electron chi connectivity index (χ4n) is 3.80. The van der Waals surface area contributed by atoms with Crippen LogP contribution in [0.3, 0.4) is 0 Å². The van der Waals surface area contributed by atoms with Crippen molar-refractivity contribution in [2.24, 2.45) is 11.1 Å². The van der Waals surface area contributed by atoms with E-state index in [4.69, 9.17) is 15.2 Å². The lowest BCUT2D eigenvalue weighted by Gasteiger charge is -2.48. The van der Waals surface area contributed by atoms with E-state index in [2.05, 4.69) is 0 Å². The van der Waals surface area contributed by atoms with Crippen LogP contribution in [0, 0.1) is 5.41 Å². The zero-order valence-electron chi connectivity index (χ0n) is 19.4. The normalized spacial score (nSPS) is 20.0. The van der Waals surface area contributed by atoms with E-state index in [9.17, 15) is 14.4 Å². The molecule has 0 unspecified atom stereocenters. The van der Waals surface area contributed by atoms with Gasteiger partial charge in [-0.3, -0.25) is 14.5 Å². The Labute approximate surface area is 203 Å². The Morgan fingerprint density at radius 3 is 2.15 bits per heavy atom. The molecule has 0 bridgehead atoms. The molecule has 2 aromatic carbocycles. The van der Waals surface area contributed by atoms with Gasteiger partial charge in [0.05, 0.1) is 5.41 Å². The van der Waals surface area contributed by atoms with Crippen molar-refractivity contribution in [2.75, 3.05) is 12.4 Å². The molecule has 7 nitrogen and oxygen atoms in total. The molecule has 0 spiro atoms. The molecule has 2 heterocycles. The SMILES string of the molecule is CC(C)(C)C(=O)OCC1=C(C(=O)OC(c2ccccc2)c2ccccc2)N2C(=O)[C@@H](N)[C@@H]2SC1. The van der Waals surface area contributed by atoms with Crippen molar-refractivity contribution >= 4 is 29.6 Å². The second-order valence-electron chi connectivity index (χ2n) is 9.32. The molecule has 34 heavy (non-hydrogen) atoms. The number of benzene rings is 2. The quantitative estimate of drug-likeness (QED) is 0.500. The van der Waals surface area contributed by atoms with Crippen LogP contribution in [0.1, 0.15) is 38.0 Å². The number of thioether (sulfide) groups is 1. The molecule has 0 saturated carbocycles. The number of fused-ring (bicyclic) bond motifs is 1. The molecule has 0 aliphatic carbocycles. The van der Waals surface area contributed by atoms with E-state index < -0.39 is 29.5 Å². The van der Waals surface area contributed by atoms with Gasteiger partial charge in [-0.25, -0.2) is 4.79 Å². The first kappa shape index (κ1) is 24.0. The molecule has 1 fully saturated rings. The van der Waals surface area contributed by atoms with Gasteiger partial charge in [-0.2, -0.15) is 0 Å². The molecule has 1 amide bonds. The van der Waals surface area contributed by atoms with E-state index in [1.165, 1.54) is 16.7 Å². The van der Waals surface area contributed by atoms with Gasteiger partial charge >= 0.3 is 11.9 Å². The summed E-state index contributed by atoms with van der Waals surface area (Å²) in [5, 5.41) is -0.344. The van der Waals surface area contributed by atoms with Crippen LogP contribution in [-0.2, 0) is 23.9 Å². The zero-order valence-corrected chi connectivity index (χ0v) is 20.2. The maximum atomic E-state index is 13.6. The Morgan fingerprint density at radius 1 is 1.06 bits per heavy atom. The average molecular weight is 481 g/mol. The van der Waals surface area contributed by atoms with Gasteiger partial charge in [0.2, 0.25) is 5.91 Å². The summed E-state index contributed by atoms with van der Waals surface area (Å²) in [5.74, 6) is -0.978. The third kappa shape index (κ3) is 4.74. The van der Waals surface area contributed by atoms with E-state index in [1.54, 1.807) is 20.8 Å². The summed E-state index contributed by atoms with van der Waals surface area (Å²) in [6, 6.07) is 18.1. The lowest BCUT2D eigenvalue weighted by molar-refractivity contribution is -0.154. The molecule has 0 radical (unpaired) electrons. The first-order valence-corrected chi connectivity index (χ1v) is 12.1. The van der Waals surface area contributed by atoms with Gasteiger partial charge in [-0.1, -0.05) is 60.7 Å². The summed E-state index contributed by atoms with van der Waals surface area (Å²) in [4.78, 5) is 39.9. The fraction of sp³-hybridized carbons (Fsp3) is 0.346. The third-order valence-corrected chi connectivity index (χ3v) is 7.06. The number of esters is 2. The van der Waals surface area contributed by atoms with Crippen molar-refractivity contribution in [3.05, 3.63) is 83.1 Å². The molecule has 0 aromatic heterocycles. The molecule has 1 saturated heterocycles. The first-order valence-electron chi connectivity index (χ1n) is 11.1. The molecule has 8 heteroatoms. The number of nitrogens with two attached hydrogens (primary N) is 1. The van der Waals surface area contributed by atoms with Gasteiger partial charge < -0.3 is 15.2 Å². The Balaban J connectivity index is 1.66. The summed E-state index contributed by atoms with van der Waals surface area (Å²) >= 11 is 1.45. The Hall–Kier alpha value is -3.10. The Bertz CT molecular complexity index is 1070. The van der Waals surface area contributed by atoms with Crippen molar-refractivity contribution < 1.29 is 23.9 Å². The zero-order chi connectivity index (χ0) is 24.5.